The van der Waals surface area contributed by atoms with Crippen molar-refractivity contribution in [3.8, 4) is 11.1 Å². The van der Waals surface area contributed by atoms with Crippen LogP contribution in [0.15, 0.2) is 72.1 Å². The van der Waals surface area contributed by atoms with Gasteiger partial charge in [-0.3, -0.25) is 9.59 Å². The number of hydrogen-bond acceptors (Lipinski definition) is 3. The minimum atomic E-state index is 0.0380. The van der Waals surface area contributed by atoms with Gasteiger partial charge in [-0.1, -0.05) is 48.5 Å². The summed E-state index contributed by atoms with van der Waals surface area (Å²) in [6, 6.07) is 21.4. The minimum absolute atomic E-state index is 0.0380. The molecular weight excluding hydrogens is 368 g/mol. The van der Waals surface area contributed by atoms with E-state index < -0.39 is 0 Å². The molecule has 0 saturated carbocycles. The predicted molar refractivity (Wildman–Crippen MR) is 113 cm³/mol. The van der Waals surface area contributed by atoms with Gasteiger partial charge in [0.25, 0.3) is 11.8 Å². The summed E-state index contributed by atoms with van der Waals surface area (Å²) in [7, 11) is 0. The number of nitrogens with zero attached hydrogens (tertiary/aromatic N) is 2. The molecule has 1 saturated heterocycles. The van der Waals surface area contributed by atoms with Crippen molar-refractivity contribution < 1.29 is 9.59 Å². The Morgan fingerprint density at radius 3 is 2.00 bits per heavy atom. The second-order valence-electron chi connectivity index (χ2n) is 6.83. The van der Waals surface area contributed by atoms with E-state index in [0.717, 1.165) is 22.4 Å². The van der Waals surface area contributed by atoms with Gasteiger partial charge in [-0.05, 0) is 35.6 Å². The summed E-state index contributed by atoms with van der Waals surface area (Å²) in [4.78, 5) is 30.4. The Hall–Kier alpha value is -2.92. The molecule has 1 aliphatic rings. The zero-order chi connectivity index (χ0) is 19.3. The number of hydrogen-bond donors (Lipinski definition) is 0. The molecule has 2 aromatic carbocycles. The average molecular weight is 391 g/mol. The number of amides is 2. The van der Waals surface area contributed by atoms with Gasteiger partial charge in [0.1, 0.15) is 0 Å². The number of carbonyl (C=O) groups is 2. The molecule has 0 unspecified atom stereocenters. The van der Waals surface area contributed by atoms with Crippen molar-refractivity contribution in [2.45, 2.75) is 6.42 Å². The van der Waals surface area contributed by atoms with Crippen LogP contribution in [0.4, 0.5) is 0 Å². The summed E-state index contributed by atoms with van der Waals surface area (Å²) in [5.74, 6) is 0.0962. The van der Waals surface area contributed by atoms with Gasteiger partial charge >= 0.3 is 0 Å². The Bertz CT molecular complexity index is 953. The van der Waals surface area contributed by atoms with Gasteiger partial charge in [0, 0.05) is 37.3 Å². The summed E-state index contributed by atoms with van der Waals surface area (Å²) < 4.78 is 0. The van der Waals surface area contributed by atoms with E-state index in [1.807, 2.05) is 81.9 Å². The first-order valence-corrected chi connectivity index (χ1v) is 10.4. The van der Waals surface area contributed by atoms with E-state index in [0.29, 0.717) is 31.7 Å². The van der Waals surface area contributed by atoms with Crippen LogP contribution in [0, 0.1) is 0 Å². The van der Waals surface area contributed by atoms with Crippen molar-refractivity contribution in [1.82, 2.24) is 9.80 Å². The SMILES string of the molecule is O=C(c1ccccc1)N1CCCN(C(=O)c2sccc2-c2ccccc2)CC1. The maximum Gasteiger partial charge on any atom is 0.264 e. The van der Waals surface area contributed by atoms with Gasteiger partial charge in [0.15, 0.2) is 0 Å². The highest BCUT2D eigenvalue weighted by molar-refractivity contribution is 7.12. The van der Waals surface area contributed by atoms with Crippen LogP contribution < -0.4 is 0 Å². The first-order chi connectivity index (χ1) is 13.7. The maximum atomic E-state index is 13.2. The fourth-order valence-electron chi connectivity index (χ4n) is 3.55. The molecule has 0 aliphatic carbocycles. The molecule has 0 spiro atoms. The predicted octanol–water partition coefficient (Wildman–Crippen LogP) is 4.40. The number of rotatable bonds is 3. The van der Waals surface area contributed by atoms with E-state index in [-0.39, 0.29) is 11.8 Å². The second kappa shape index (κ2) is 8.40. The first-order valence-electron chi connectivity index (χ1n) is 9.50. The van der Waals surface area contributed by atoms with Crippen LogP contribution >= 0.6 is 11.3 Å². The molecule has 0 atom stereocenters. The molecule has 2 heterocycles. The Morgan fingerprint density at radius 2 is 1.32 bits per heavy atom. The van der Waals surface area contributed by atoms with Crippen LogP contribution in [0.25, 0.3) is 11.1 Å². The molecule has 1 fully saturated rings. The molecule has 1 aliphatic heterocycles. The van der Waals surface area contributed by atoms with Crippen LogP contribution in [0.3, 0.4) is 0 Å². The summed E-state index contributed by atoms with van der Waals surface area (Å²) in [5, 5.41) is 1.97. The molecule has 142 valence electrons. The van der Waals surface area contributed by atoms with E-state index in [2.05, 4.69) is 0 Å². The topological polar surface area (TPSA) is 40.6 Å². The molecule has 1 aromatic heterocycles. The average Bonchev–Trinajstić information content (AvgIpc) is 3.12. The fraction of sp³-hybridized carbons (Fsp3) is 0.217. The Kier molecular flexibility index (Phi) is 5.53. The summed E-state index contributed by atoms with van der Waals surface area (Å²) >= 11 is 1.49. The standard InChI is InChI=1S/C23H22N2O2S/c26-22(19-10-5-2-6-11-19)24-13-7-14-25(16-15-24)23(27)21-20(12-17-28-21)18-8-3-1-4-9-18/h1-6,8-12,17H,7,13-16H2. The zero-order valence-corrected chi connectivity index (χ0v) is 16.4. The lowest BCUT2D eigenvalue weighted by Gasteiger charge is -2.22. The lowest BCUT2D eigenvalue weighted by molar-refractivity contribution is 0.0721. The molecule has 0 radical (unpaired) electrons. The van der Waals surface area contributed by atoms with Gasteiger partial charge in [-0.2, -0.15) is 0 Å². The van der Waals surface area contributed by atoms with Gasteiger partial charge in [-0.25, -0.2) is 0 Å². The molecule has 28 heavy (non-hydrogen) atoms. The highest BCUT2D eigenvalue weighted by Crippen LogP contribution is 2.29. The van der Waals surface area contributed by atoms with E-state index >= 15 is 0 Å². The number of carbonyl (C=O) groups excluding carboxylic acids is 2. The lowest BCUT2D eigenvalue weighted by Crippen LogP contribution is -2.37. The smallest absolute Gasteiger partial charge is 0.264 e. The highest BCUT2D eigenvalue weighted by Gasteiger charge is 2.25. The van der Waals surface area contributed by atoms with E-state index in [4.69, 9.17) is 0 Å². The van der Waals surface area contributed by atoms with Crippen molar-refractivity contribution in [1.29, 1.82) is 0 Å². The van der Waals surface area contributed by atoms with Gasteiger partial charge in [-0.15, -0.1) is 11.3 Å². The van der Waals surface area contributed by atoms with Gasteiger partial charge in [0.05, 0.1) is 4.88 Å². The van der Waals surface area contributed by atoms with Crippen molar-refractivity contribution in [2.24, 2.45) is 0 Å². The third-order valence-corrected chi connectivity index (χ3v) is 5.94. The second-order valence-corrected chi connectivity index (χ2v) is 7.75. The molecule has 0 N–H and O–H groups in total. The van der Waals surface area contributed by atoms with E-state index in [9.17, 15) is 9.59 Å². The quantitative estimate of drug-likeness (QED) is 0.665. The maximum absolute atomic E-state index is 13.2. The normalized spacial score (nSPS) is 14.6. The third kappa shape index (κ3) is 3.85. The molecule has 2 amide bonds. The molecule has 4 rings (SSSR count). The fourth-order valence-corrected chi connectivity index (χ4v) is 4.43. The molecule has 4 nitrogen and oxygen atoms in total. The highest BCUT2D eigenvalue weighted by atomic mass is 32.1. The minimum Gasteiger partial charge on any atom is -0.337 e. The van der Waals surface area contributed by atoms with E-state index in [1.54, 1.807) is 0 Å². The zero-order valence-electron chi connectivity index (χ0n) is 15.6. The molecule has 3 aromatic rings. The van der Waals surface area contributed by atoms with Crippen LogP contribution in [-0.2, 0) is 0 Å². The Labute approximate surface area is 169 Å². The van der Waals surface area contributed by atoms with Crippen LogP contribution in [-0.4, -0.2) is 47.8 Å². The number of thiophene rings is 1. The largest absolute Gasteiger partial charge is 0.337 e. The van der Waals surface area contributed by atoms with Crippen molar-refractivity contribution in [2.75, 3.05) is 26.2 Å². The van der Waals surface area contributed by atoms with E-state index in [1.165, 1.54) is 11.3 Å². The van der Waals surface area contributed by atoms with Crippen LogP contribution in [0.1, 0.15) is 26.5 Å². The lowest BCUT2D eigenvalue weighted by atomic mass is 10.1. The Morgan fingerprint density at radius 1 is 0.714 bits per heavy atom. The third-order valence-electron chi connectivity index (χ3n) is 5.04. The monoisotopic (exact) mass is 390 g/mol. The summed E-state index contributed by atoms with van der Waals surface area (Å²) in [6.07, 6.45) is 0.788. The van der Waals surface area contributed by atoms with Crippen molar-refractivity contribution in [3.05, 3.63) is 82.6 Å². The molecule has 0 bridgehead atoms. The molecular formula is C23H22N2O2S. The van der Waals surface area contributed by atoms with Crippen molar-refractivity contribution >= 4 is 23.2 Å². The number of benzene rings is 2. The summed E-state index contributed by atoms with van der Waals surface area (Å²) in [6.45, 7) is 2.46. The summed E-state index contributed by atoms with van der Waals surface area (Å²) in [5.41, 5.74) is 2.74. The van der Waals surface area contributed by atoms with Crippen LogP contribution in [0.5, 0.6) is 0 Å². The van der Waals surface area contributed by atoms with Gasteiger partial charge in [0.2, 0.25) is 0 Å². The van der Waals surface area contributed by atoms with Crippen molar-refractivity contribution in [3.63, 3.8) is 0 Å². The van der Waals surface area contributed by atoms with Gasteiger partial charge < -0.3 is 9.80 Å². The Balaban J connectivity index is 1.47. The van der Waals surface area contributed by atoms with Crippen LogP contribution in [0.2, 0.25) is 0 Å². The molecule has 5 heteroatoms. The first kappa shape index (κ1) is 18.4.